The Hall–Kier alpha value is -4.04. The van der Waals surface area contributed by atoms with Crippen LogP contribution in [0.25, 0.3) is 10.9 Å². The molecule has 8 nitrogen and oxygen atoms in total. The molecule has 0 unspecified atom stereocenters. The van der Waals surface area contributed by atoms with Crippen LogP contribution in [0.15, 0.2) is 66.9 Å². The van der Waals surface area contributed by atoms with Gasteiger partial charge in [0.05, 0.1) is 11.1 Å². The molecule has 2 N–H and O–H groups in total. The number of hydrogen-bond donors (Lipinski definition) is 2. The Balaban J connectivity index is 1.62. The van der Waals surface area contributed by atoms with Crippen molar-refractivity contribution in [3.05, 3.63) is 78.2 Å². The van der Waals surface area contributed by atoms with E-state index in [1.807, 2.05) is 67.4 Å². The van der Waals surface area contributed by atoms with Crippen LogP contribution in [0.3, 0.4) is 0 Å². The van der Waals surface area contributed by atoms with Crippen LogP contribution < -0.4 is 15.1 Å². The van der Waals surface area contributed by atoms with Gasteiger partial charge in [-0.3, -0.25) is 10.0 Å². The van der Waals surface area contributed by atoms with Crippen molar-refractivity contribution in [1.82, 2.24) is 20.4 Å². The standard InChI is InChI=1S/C22H19N5O3/c1-14-24-19-9-4-3-8-18(19)21(25-14)27(2)16-6-5-7-17(12-16)30-20-11-10-15(13-23-20)22(28)26-29/h3-13,29H,1-2H3,(H,26,28). The van der Waals surface area contributed by atoms with Crippen molar-refractivity contribution in [3.63, 3.8) is 0 Å². The molecule has 0 fully saturated rings. The Kier molecular flexibility index (Phi) is 5.23. The lowest BCUT2D eigenvalue weighted by molar-refractivity contribution is 0.0706. The summed E-state index contributed by atoms with van der Waals surface area (Å²) < 4.78 is 5.82. The number of carbonyl (C=O) groups is 1. The number of aromatic nitrogens is 3. The summed E-state index contributed by atoms with van der Waals surface area (Å²) in [6.45, 7) is 1.87. The Bertz CT molecular complexity index is 1210. The van der Waals surface area contributed by atoms with E-state index in [0.29, 0.717) is 17.5 Å². The molecular formula is C22H19N5O3. The molecule has 150 valence electrons. The minimum atomic E-state index is -0.634. The van der Waals surface area contributed by atoms with E-state index < -0.39 is 5.91 Å². The summed E-state index contributed by atoms with van der Waals surface area (Å²) in [5.41, 5.74) is 3.56. The number of benzene rings is 2. The molecule has 8 heteroatoms. The van der Waals surface area contributed by atoms with Crippen LogP contribution in [-0.2, 0) is 0 Å². The molecule has 0 spiro atoms. The Morgan fingerprint density at radius 3 is 2.67 bits per heavy atom. The normalized spacial score (nSPS) is 10.6. The zero-order valence-corrected chi connectivity index (χ0v) is 16.4. The van der Waals surface area contributed by atoms with Crippen LogP contribution in [0.2, 0.25) is 0 Å². The molecule has 30 heavy (non-hydrogen) atoms. The number of pyridine rings is 1. The zero-order chi connectivity index (χ0) is 21.1. The third-order valence-corrected chi connectivity index (χ3v) is 4.54. The van der Waals surface area contributed by atoms with Gasteiger partial charge in [-0.25, -0.2) is 20.4 Å². The molecule has 0 atom stereocenters. The van der Waals surface area contributed by atoms with Gasteiger partial charge >= 0.3 is 0 Å². The second-order valence-corrected chi connectivity index (χ2v) is 6.60. The van der Waals surface area contributed by atoms with E-state index >= 15 is 0 Å². The maximum Gasteiger partial charge on any atom is 0.276 e. The second kappa shape index (κ2) is 8.14. The van der Waals surface area contributed by atoms with Gasteiger partial charge in [-0.2, -0.15) is 0 Å². The zero-order valence-electron chi connectivity index (χ0n) is 16.4. The molecule has 4 aromatic rings. The van der Waals surface area contributed by atoms with E-state index in [-0.39, 0.29) is 5.56 Å². The van der Waals surface area contributed by atoms with E-state index in [0.717, 1.165) is 22.4 Å². The number of aryl methyl sites for hydroxylation is 1. The predicted molar refractivity (Wildman–Crippen MR) is 112 cm³/mol. The summed E-state index contributed by atoms with van der Waals surface area (Å²) in [6.07, 6.45) is 1.33. The van der Waals surface area contributed by atoms with Gasteiger partial charge in [0.2, 0.25) is 5.88 Å². The number of ether oxygens (including phenoxy) is 1. The molecule has 2 heterocycles. The van der Waals surface area contributed by atoms with Gasteiger partial charge in [-0.15, -0.1) is 0 Å². The number of carbonyl (C=O) groups excluding carboxylic acids is 1. The fourth-order valence-corrected chi connectivity index (χ4v) is 3.07. The number of nitrogens with one attached hydrogen (secondary N) is 1. The Morgan fingerprint density at radius 2 is 1.90 bits per heavy atom. The quantitative estimate of drug-likeness (QED) is 0.385. The van der Waals surface area contributed by atoms with Gasteiger partial charge in [0, 0.05) is 36.5 Å². The number of amides is 1. The SMILES string of the molecule is Cc1nc(N(C)c2cccc(Oc3ccc(C(=O)NO)cn3)c2)c2ccccc2n1. The predicted octanol–water partition coefficient (Wildman–Crippen LogP) is 4.01. The molecule has 0 bridgehead atoms. The minimum absolute atomic E-state index is 0.226. The fourth-order valence-electron chi connectivity index (χ4n) is 3.07. The highest BCUT2D eigenvalue weighted by atomic mass is 16.5. The van der Waals surface area contributed by atoms with Crippen molar-refractivity contribution in [3.8, 4) is 11.6 Å². The Labute approximate surface area is 172 Å². The van der Waals surface area contributed by atoms with Gasteiger partial charge in [0.1, 0.15) is 17.4 Å². The molecule has 0 radical (unpaired) electrons. The summed E-state index contributed by atoms with van der Waals surface area (Å²) in [7, 11) is 1.94. The average molecular weight is 401 g/mol. The monoisotopic (exact) mass is 401 g/mol. The van der Waals surface area contributed by atoms with E-state index in [1.165, 1.54) is 12.3 Å². The first kappa shape index (κ1) is 19.3. The number of para-hydroxylation sites is 1. The number of hydroxylamine groups is 1. The molecule has 0 aliphatic heterocycles. The van der Waals surface area contributed by atoms with Crippen LogP contribution >= 0.6 is 0 Å². The molecule has 1 amide bonds. The van der Waals surface area contributed by atoms with E-state index in [2.05, 4.69) is 15.0 Å². The fraction of sp³-hybridized carbons (Fsp3) is 0.0909. The summed E-state index contributed by atoms with van der Waals surface area (Å²) >= 11 is 0. The third-order valence-electron chi connectivity index (χ3n) is 4.54. The van der Waals surface area contributed by atoms with Crippen molar-refractivity contribution >= 4 is 28.3 Å². The molecule has 4 rings (SSSR count). The first-order valence-electron chi connectivity index (χ1n) is 9.20. The molecule has 0 saturated heterocycles. The number of nitrogens with zero attached hydrogens (tertiary/aromatic N) is 4. The molecular weight excluding hydrogens is 382 g/mol. The Morgan fingerprint density at radius 1 is 1.07 bits per heavy atom. The van der Waals surface area contributed by atoms with Gasteiger partial charge < -0.3 is 9.64 Å². The van der Waals surface area contributed by atoms with Crippen LogP contribution in [0.4, 0.5) is 11.5 Å². The van der Waals surface area contributed by atoms with Crippen molar-refractivity contribution < 1.29 is 14.7 Å². The molecule has 2 aromatic carbocycles. The summed E-state index contributed by atoms with van der Waals surface area (Å²) in [4.78, 5) is 26.6. The van der Waals surface area contributed by atoms with Crippen LogP contribution in [0.5, 0.6) is 11.6 Å². The smallest absolute Gasteiger partial charge is 0.276 e. The first-order chi connectivity index (χ1) is 14.5. The van der Waals surface area contributed by atoms with E-state index in [4.69, 9.17) is 9.94 Å². The van der Waals surface area contributed by atoms with E-state index in [1.54, 1.807) is 11.5 Å². The number of hydrogen-bond acceptors (Lipinski definition) is 7. The maximum absolute atomic E-state index is 11.4. The second-order valence-electron chi connectivity index (χ2n) is 6.60. The van der Waals surface area contributed by atoms with Crippen LogP contribution in [0, 0.1) is 6.92 Å². The number of anilines is 2. The molecule has 2 aromatic heterocycles. The van der Waals surface area contributed by atoms with E-state index in [9.17, 15) is 4.79 Å². The van der Waals surface area contributed by atoms with Crippen molar-refractivity contribution in [2.75, 3.05) is 11.9 Å². The molecule has 0 aliphatic carbocycles. The van der Waals surface area contributed by atoms with Gasteiger partial charge in [-0.1, -0.05) is 18.2 Å². The topological polar surface area (TPSA) is 100 Å². The third kappa shape index (κ3) is 3.89. The van der Waals surface area contributed by atoms with Crippen molar-refractivity contribution in [2.45, 2.75) is 6.92 Å². The van der Waals surface area contributed by atoms with Crippen molar-refractivity contribution in [1.29, 1.82) is 0 Å². The highest BCUT2D eigenvalue weighted by Gasteiger charge is 2.13. The average Bonchev–Trinajstić information content (AvgIpc) is 2.78. The maximum atomic E-state index is 11.4. The lowest BCUT2D eigenvalue weighted by atomic mass is 10.2. The summed E-state index contributed by atoms with van der Waals surface area (Å²) in [6, 6.07) is 18.5. The highest BCUT2D eigenvalue weighted by molar-refractivity contribution is 5.93. The highest BCUT2D eigenvalue weighted by Crippen LogP contribution is 2.31. The lowest BCUT2D eigenvalue weighted by Gasteiger charge is -2.21. The number of fused-ring (bicyclic) bond motifs is 1. The van der Waals surface area contributed by atoms with Crippen molar-refractivity contribution in [2.24, 2.45) is 0 Å². The van der Waals surface area contributed by atoms with Gasteiger partial charge in [-0.05, 0) is 37.3 Å². The van der Waals surface area contributed by atoms with Crippen LogP contribution in [-0.4, -0.2) is 33.1 Å². The van der Waals surface area contributed by atoms with Gasteiger partial charge in [0.15, 0.2) is 0 Å². The number of rotatable bonds is 5. The van der Waals surface area contributed by atoms with Crippen LogP contribution in [0.1, 0.15) is 16.2 Å². The summed E-state index contributed by atoms with van der Waals surface area (Å²) in [5, 5.41) is 9.64. The largest absolute Gasteiger partial charge is 0.439 e. The minimum Gasteiger partial charge on any atom is -0.439 e. The lowest BCUT2D eigenvalue weighted by Crippen LogP contribution is -2.18. The van der Waals surface area contributed by atoms with Gasteiger partial charge in [0.25, 0.3) is 5.91 Å². The molecule has 0 saturated carbocycles. The first-order valence-corrected chi connectivity index (χ1v) is 9.20. The molecule has 0 aliphatic rings. The summed E-state index contributed by atoms with van der Waals surface area (Å²) in [5.74, 6) is 1.77.